The predicted octanol–water partition coefficient (Wildman–Crippen LogP) is 3.36. The molecule has 19 heavy (non-hydrogen) atoms. The largest absolute Gasteiger partial charge is 0.481 e. The van der Waals surface area contributed by atoms with Gasteiger partial charge in [0, 0.05) is 6.42 Å². The van der Waals surface area contributed by atoms with Crippen molar-refractivity contribution in [3.05, 3.63) is 29.3 Å². The molecule has 0 aliphatic rings. The molecule has 0 saturated heterocycles. The maximum atomic E-state index is 10.5. The lowest BCUT2D eigenvalue weighted by molar-refractivity contribution is -0.137. The summed E-state index contributed by atoms with van der Waals surface area (Å²) < 4.78 is 0. The third kappa shape index (κ3) is 4.68. The average molecular weight is 261 g/mol. The lowest BCUT2D eigenvalue weighted by Crippen LogP contribution is -2.11. The topological polar surface area (TPSA) is 66.7 Å². The van der Waals surface area contributed by atoms with Crippen LogP contribution in [-0.4, -0.2) is 17.2 Å². The predicted molar refractivity (Wildman–Crippen MR) is 73.5 cm³/mol. The first kappa shape index (κ1) is 15.1. The molecule has 1 aromatic carbocycles. The third-order valence-corrected chi connectivity index (χ3v) is 2.95. The lowest BCUT2D eigenvalue weighted by atomic mass is 9.86. The number of hydrogen-bond acceptors (Lipinski definition) is 3. The number of aliphatic carboxylic acids is 1. The van der Waals surface area contributed by atoms with Crippen LogP contribution in [0.25, 0.3) is 0 Å². The van der Waals surface area contributed by atoms with Gasteiger partial charge in [-0.05, 0) is 35.4 Å². The maximum Gasteiger partial charge on any atom is 0.303 e. The highest BCUT2D eigenvalue weighted by atomic mass is 16.4. The van der Waals surface area contributed by atoms with Gasteiger partial charge in [0.1, 0.15) is 0 Å². The van der Waals surface area contributed by atoms with E-state index >= 15 is 0 Å². The highest BCUT2D eigenvalue weighted by Gasteiger charge is 2.15. The quantitative estimate of drug-likeness (QED) is 0.652. The van der Waals surface area contributed by atoms with Crippen molar-refractivity contribution >= 4 is 17.7 Å². The van der Waals surface area contributed by atoms with E-state index in [0.717, 1.165) is 11.1 Å². The second-order valence-corrected chi connectivity index (χ2v) is 5.54. The number of rotatable bonds is 5. The molecule has 0 fully saturated rings. The Morgan fingerprint density at radius 2 is 2.05 bits per heavy atom. The summed E-state index contributed by atoms with van der Waals surface area (Å²) in [5.74, 6) is -0.813. The highest BCUT2D eigenvalue weighted by Crippen LogP contribution is 2.29. The van der Waals surface area contributed by atoms with E-state index in [-0.39, 0.29) is 11.8 Å². The Kier molecular flexibility index (Phi) is 5.02. The Morgan fingerprint density at radius 3 is 2.58 bits per heavy atom. The summed E-state index contributed by atoms with van der Waals surface area (Å²) in [5.41, 5.74) is 2.54. The van der Waals surface area contributed by atoms with E-state index in [1.165, 1.54) is 0 Å². The molecule has 0 heterocycles. The first-order valence-electron chi connectivity index (χ1n) is 6.27. The lowest BCUT2D eigenvalue weighted by Gasteiger charge is -2.20. The van der Waals surface area contributed by atoms with Gasteiger partial charge in [-0.3, -0.25) is 4.79 Å². The molecule has 1 N–H and O–H groups in total. The number of carbonyl (C=O) groups is 1. The van der Waals surface area contributed by atoms with Gasteiger partial charge in [-0.15, -0.1) is 0 Å². The smallest absolute Gasteiger partial charge is 0.303 e. The van der Waals surface area contributed by atoms with Crippen LogP contribution in [0.5, 0.6) is 0 Å². The van der Waals surface area contributed by atoms with Crippen LogP contribution in [0.15, 0.2) is 23.2 Å². The molecule has 0 saturated carbocycles. The van der Waals surface area contributed by atoms with Gasteiger partial charge in [0.15, 0.2) is 0 Å². The van der Waals surface area contributed by atoms with Gasteiger partial charge in [0.05, 0.1) is 5.69 Å². The summed E-state index contributed by atoms with van der Waals surface area (Å²) in [5, 5.41) is 8.63. The molecule has 0 amide bonds. The molecule has 4 heteroatoms. The summed E-state index contributed by atoms with van der Waals surface area (Å²) in [7, 11) is 0. The van der Waals surface area contributed by atoms with Crippen LogP contribution in [0.4, 0.5) is 5.69 Å². The van der Waals surface area contributed by atoms with Crippen LogP contribution < -0.4 is 0 Å². The van der Waals surface area contributed by atoms with Crippen LogP contribution in [-0.2, 0) is 21.4 Å². The summed E-state index contributed by atoms with van der Waals surface area (Å²) in [6.07, 6.45) is 2.81. The van der Waals surface area contributed by atoms with Crippen molar-refractivity contribution in [3.8, 4) is 0 Å². The van der Waals surface area contributed by atoms with E-state index in [2.05, 4.69) is 25.8 Å². The van der Waals surface area contributed by atoms with Crippen molar-refractivity contribution in [2.24, 2.45) is 4.99 Å². The van der Waals surface area contributed by atoms with Crippen LogP contribution in [0, 0.1) is 0 Å². The molecule has 1 aromatic rings. The molecular formula is C15H19NO3. The number of aliphatic imine (C=N–C) groups is 1. The SMILES string of the molecule is CC(C)(C)c1ccc(CCCC(=O)O)c(N=C=O)c1. The molecule has 102 valence electrons. The average Bonchev–Trinajstić information content (AvgIpc) is 2.29. The number of nitrogens with zero attached hydrogens (tertiary/aromatic N) is 1. The van der Waals surface area contributed by atoms with E-state index in [4.69, 9.17) is 5.11 Å². The van der Waals surface area contributed by atoms with Gasteiger partial charge >= 0.3 is 5.97 Å². The van der Waals surface area contributed by atoms with E-state index in [1.807, 2.05) is 18.2 Å². The summed E-state index contributed by atoms with van der Waals surface area (Å²) in [6, 6.07) is 5.79. The molecule has 0 bridgehead atoms. The van der Waals surface area contributed by atoms with Gasteiger partial charge in [0.2, 0.25) is 6.08 Å². The monoisotopic (exact) mass is 261 g/mol. The molecule has 1 rings (SSSR count). The second-order valence-electron chi connectivity index (χ2n) is 5.54. The molecule has 0 spiro atoms. The van der Waals surface area contributed by atoms with Gasteiger partial charge < -0.3 is 5.11 Å². The Hall–Kier alpha value is -1.93. The summed E-state index contributed by atoms with van der Waals surface area (Å²) in [6.45, 7) is 6.25. The Balaban J connectivity index is 2.98. The van der Waals surface area contributed by atoms with Gasteiger partial charge in [-0.1, -0.05) is 32.9 Å². The molecule has 0 atom stereocenters. The number of benzene rings is 1. The molecular weight excluding hydrogens is 242 g/mol. The van der Waals surface area contributed by atoms with E-state index in [9.17, 15) is 9.59 Å². The molecule has 0 aliphatic heterocycles. The maximum absolute atomic E-state index is 10.5. The molecule has 0 aliphatic carbocycles. The molecule has 0 radical (unpaired) electrons. The van der Waals surface area contributed by atoms with Gasteiger partial charge in [-0.2, -0.15) is 4.99 Å². The highest BCUT2D eigenvalue weighted by molar-refractivity contribution is 5.66. The summed E-state index contributed by atoms with van der Waals surface area (Å²) >= 11 is 0. The number of carboxylic acids is 1. The van der Waals surface area contributed by atoms with Crippen molar-refractivity contribution in [1.82, 2.24) is 0 Å². The van der Waals surface area contributed by atoms with E-state index in [1.54, 1.807) is 6.08 Å². The van der Waals surface area contributed by atoms with Crippen molar-refractivity contribution < 1.29 is 14.7 Å². The normalized spacial score (nSPS) is 10.9. The Morgan fingerprint density at radius 1 is 1.37 bits per heavy atom. The van der Waals surface area contributed by atoms with Crippen molar-refractivity contribution in [2.45, 2.75) is 45.4 Å². The fraction of sp³-hybridized carbons (Fsp3) is 0.467. The van der Waals surface area contributed by atoms with E-state index in [0.29, 0.717) is 18.5 Å². The first-order chi connectivity index (χ1) is 8.84. The van der Waals surface area contributed by atoms with Gasteiger partial charge in [0.25, 0.3) is 0 Å². The number of carboxylic acid groups (broad SMARTS) is 1. The minimum absolute atomic E-state index is 0.0211. The molecule has 4 nitrogen and oxygen atoms in total. The fourth-order valence-corrected chi connectivity index (χ4v) is 1.83. The zero-order valence-electron chi connectivity index (χ0n) is 11.6. The summed E-state index contributed by atoms with van der Waals surface area (Å²) in [4.78, 5) is 24.7. The van der Waals surface area contributed by atoms with Crippen molar-refractivity contribution in [3.63, 3.8) is 0 Å². The number of carbonyl (C=O) groups excluding carboxylic acids is 1. The van der Waals surface area contributed by atoms with Crippen LogP contribution in [0.3, 0.4) is 0 Å². The zero-order chi connectivity index (χ0) is 14.5. The number of aryl methyl sites for hydroxylation is 1. The van der Waals surface area contributed by atoms with Gasteiger partial charge in [-0.25, -0.2) is 4.79 Å². The van der Waals surface area contributed by atoms with Crippen molar-refractivity contribution in [1.29, 1.82) is 0 Å². The van der Waals surface area contributed by atoms with Crippen LogP contribution in [0.2, 0.25) is 0 Å². The Labute approximate surface area is 113 Å². The third-order valence-electron chi connectivity index (χ3n) is 2.95. The van der Waals surface area contributed by atoms with Crippen LogP contribution >= 0.6 is 0 Å². The van der Waals surface area contributed by atoms with Crippen molar-refractivity contribution in [2.75, 3.05) is 0 Å². The van der Waals surface area contributed by atoms with Crippen LogP contribution in [0.1, 0.15) is 44.7 Å². The fourth-order valence-electron chi connectivity index (χ4n) is 1.83. The first-order valence-corrected chi connectivity index (χ1v) is 6.27. The number of hydrogen-bond donors (Lipinski definition) is 1. The zero-order valence-corrected chi connectivity index (χ0v) is 11.6. The van der Waals surface area contributed by atoms with E-state index < -0.39 is 5.97 Å². The minimum atomic E-state index is -0.813. The minimum Gasteiger partial charge on any atom is -0.481 e. The Bertz CT molecular complexity index is 509. The standard InChI is InChI=1S/C15H19NO3/c1-15(2,3)12-8-7-11(5-4-6-14(18)19)13(9-12)16-10-17/h7-9H,4-6H2,1-3H3,(H,18,19). The number of isocyanates is 1. The second kappa shape index (κ2) is 6.30. The molecule has 0 aromatic heterocycles. The molecule has 0 unspecified atom stereocenters.